The Morgan fingerprint density at radius 3 is 0.977 bits per heavy atom. The molecule has 4 heteroatoms. The Morgan fingerprint density at radius 1 is 0.395 bits per heavy atom. The maximum atomic E-state index is 12.3. The molecule has 4 nitrogen and oxygen atoms in total. The van der Waals surface area contributed by atoms with Crippen molar-refractivity contribution in [3.05, 3.63) is 0 Å². The van der Waals surface area contributed by atoms with Crippen LogP contribution in [0, 0.1) is 0 Å². The molecule has 0 saturated heterocycles. The molecule has 0 bridgehead atoms. The molecule has 0 unspecified atom stereocenters. The molecule has 0 heterocycles. The molecule has 1 amide bonds. The summed E-state index contributed by atoms with van der Waals surface area (Å²) < 4.78 is 5.23. The van der Waals surface area contributed by atoms with Gasteiger partial charge in [-0.05, 0) is 19.8 Å². The zero-order chi connectivity index (χ0) is 31.3. The molecule has 0 radical (unpaired) electrons. The molecule has 0 aromatic heterocycles. The van der Waals surface area contributed by atoms with Gasteiger partial charge in [0, 0.05) is 0 Å². The van der Waals surface area contributed by atoms with Crippen molar-refractivity contribution in [1.29, 1.82) is 0 Å². The number of unbranched alkanes of at least 4 members (excludes halogenated alkanes) is 30. The number of hydrogen-bond acceptors (Lipinski definition) is 3. The minimum absolute atomic E-state index is 0.319. The fourth-order valence-electron chi connectivity index (χ4n) is 6.03. The summed E-state index contributed by atoms with van der Waals surface area (Å²) >= 11 is 0. The second-order valence-corrected chi connectivity index (χ2v) is 13.2. The summed E-state index contributed by atoms with van der Waals surface area (Å²) in [6, 6.07) is 0. The van der Waals surface area contributed by atoms with Gasteiger partial charge in [-0.2, -0.15) is 5.06 Å². The van der Waals surface area contributed by atoms with Crippen LogP contribution in [-0.4, -0.2) is 30.9 Å². The molecule has 0 N–H and O–H groups in total. The summed E-state index contributed by atoms with van der Waals surface area (Å²) in [6.07, 6.45) is 43.2. The molecular weight excluding hydrogens is 530 g/mol. The minimum Gasteiger partial charge on any atom is -0.448 e. The van der Waals surface area contributed by atoms with Crippen molar-refractivity contribution in [2.75, 3.05) is 19.8 Å². The zero-order valence-electron chi connectivity index (χ0n) is 29.9. The number of hydrogen-bond donors (Lipinski definition) is 0. The van der Waals surface area contributed by atoms with Gasteiger partial charge in [-0.15, -0.1) is 0 Å². The third-order valence-corrected chi connectivity index (χ3v) is 8.93. The lowest BCUT2D eigenvalue weighted by atomic mass is 10.0. The van der Waals surface area contributed by atoms with Gasteiger partial charge >= 0.3 is 6.09 Å². The quantitative estimate of drug-likeness (QED) is 0.0524. The van der Waals surface area contributed by atoms with Crippen molar-refractivity contribution in [3.63, 3.8) is 0 Å². The number of amides is 1. The molecule has 0 spiro atoms. The fraction of sp³-hybridized carbons (Fsp3) is 0.974. The number of nitrogens with zero attached hydrogens (tertiary/aromatic N) is 1. The van der Waals surface area contributed by atoms with E-state index in [9.17, 15) is 4.79 Å². The first-order valence-electron chi connectivity index (χ1n) is 19.8. The molecular formula is C39H79NO3. The first kappa shape index (κ1) is 42.2. The predicted molar refractivity (Wildman–Crippen MR) is 189 cm³/mol. The van der Waals surface area contributed by atoms with Crippen molar-refractivity contribution >= 4 is 6.09 Å². The van der Waals surface area contributed by atoms with Crippen LogP contribution in [0.1, 0.15) is 226 Å². The van der Waals surface area contributed by atoms with Crippen LogP contribution in [0.3, 0.4) is 0 Å². The number of carbonyl (C=O) groups excluding carboxylic acids is 1. The Hall–Kier alpha value is -0.770. The van der Waals surface area contributed by atoms with Crippen LogP contribution in [-0.2, 0) is 9.57 Å². The van der Waals surface area contributed by atoms with E-state index in [1.807, 2.05) is 6.92 Å². The zero-order valence-corrected chi connectivity index (χ0v) is 29.9. The topological polar surface area (TPSA) is 38.8 Å². The van der Waals surface area contributed by atoms with E-state index in [2.05, 4.69) is 13.8 Å². The molecule has 0 rings (SSSR count). The van der Waals surface area contributed by atoms with E-state index in [1.165, 1.54) is 191 Å². The van der Waals surface area contributed by atoms with Gasteiger partial charge in [0.2, 0.25) is 0 Å². The SMILES string of the molecule is CCCCCCCCCCCCCCCCCCON(CCCCCCCCCCCCCCCCCC)C(=O)OCC. The first-order chi connectivity index (χ1) is 21.3. The van der Waals surface area contributed by atoms with Gasteiger partial charge in [-0.1, -0.05) is 206 Å². The molecule has 0 saturated carbocycles. The molecule has 0 aliphatic rings. The van der Waals surface area contributed by atoms with Crippen LogP contribution in [0.4, 0.5) is 4.79 Å². The van der Waals surface area contributed by atoms with Gasteiger partial charge < -0.3 is 4.74 Å². The molecule has 258 valence electrons. The van der Waals surface area contributed by atoms with Crippen molar-refractivity contribution in [2.24, 2.45) is 0 Å². The Bertz CT molecular complexity index is 527. The lowest BCUT2D eigenvalue weighted by Crippen LogP contribution is -2.33. The van der Waals surface area contributed by atoms with E-state index in [-0.39, 0.29) is 6.09 Å². The number of rotatable bonds is 36. The Balaban J connectivity index is 3.56. The molecule has 0 aliphatic carbocycles. The highest BCUT2D eigenvalue weighted by Crippen LogP contribution is 2.16. The summed E-state index contributed by atoms with van der Waals surface area (Å²) in [5, 5.41) is 1.48. The van der Waals surface area contributed by atoms with Crippen LogP contribution in [0.2, 0.25) is 0 Å². The van der Waals surface area contributed by atoms with Gasteiger partial charge in [-0.3, -0.25) is 4.84 Å². The minimum atomic E-state index is -0.319. The number of carbonyl (C=O) groups is 1. The maximum absolute atomic E-state index is 12.3. The largest absolute Gasteiger partial charge is 0.448 e. The summed E-state index contributed by atoms with van der Waals surface area (Å²) in [6.45, 7) is 8.11. The normalized spacial score (nSPS) is 11.3. The Labute approximate surface area is 271 Å². The predicted octanol–water partition coefficient (Wildman–Crippen LogP) is 13.9. The standard InChI is InChI=1S/C39H79NO3/c1-4-7-9-11-13-15-17-19-21-23-25-27-29-31-33-35-37-40(39(41)42-6-3)43-38-36-34-32-30-28-26-24-22-20-18-16-14-12-10-8-5-2/h4-38H2,1-3H3. The molecule has 0 aromatic carbocycles. The van der Waals surface area contributed by atoms with E-state index < -0.39 is 0 Å². The highest BCUT2D eigenvalue weighted by atomic mass is 16.7. The Kier molecular flexibility index (Phi) is 36.7. The van der Waals surface area contributed by atoms with E-state index >= 15 is 0 Å². The fourth-order valence-corrected chi connectivity index (χ4v) is 6.03. The number of hydroxylamine groups is 2. The monoisotopic (exact) mass is 610 g/mol. The summed E-state index contributed by atoms with van der Waals surface area (Å²) in [7, 11) is 0. The molecule has 0 fully saturated rings. The van der Waals surface area contributed by atoms with Crippen LogP contribution >= 0.6 is 0 Å². The van der Waals surface area contributed by atoms with Crippen molar-refractivity contribution in [1.82, 2.24) is 5.06 Å². The second kappa shape index (κ2) is 37.4. The molecule has 0 aliphatic heterocycles. The summed E-state index contributed by atoms with van der Waals surface area (Å²) in [4.78, 5) is 18.2. The van der Waals surface area contributed by atoms with Crippen LogP contribution in [0.25, 0.3) is 0 Å². The summed E-state index contributed by atoms with van der Waals surface area (Å²) in [5.74, 6) is 0. The lowest BCUT2D eigenvalue weighted by molar-refractivity contribution is -0.137. The molecule has 0 aromatic rings. The van der Waals surface area contributed by atoms with Gasteiger partial charge in [0.1, 0.15) is 0 Å². The third kappa shape index (κ3) is 34.0. The van der Waals surface area contributed by atoms with Crippen LogP contribution in [0.5, 0.6) is 0 Å². The summed E-state index contributed by atoms with van der Waals surface area (Å²) in [5.41, 5.74) is 0. The van der Waals surface area contributed by atoms with Gasteiger partial charge in [0.05, 0.1) is 19.8 Å². The van der Waals surface area contributed by atoms with Crippen molar-refractivity contribution in [3.8, 4) is 0 Å². The van der Waals surface area contributed by atoms with E-state index in [4.69, 9.17) is 9.57 Å². The van der Waals surface area contributed by atoms with Crippen molar-refractivity contribution in [2.45, 2.75) is 226 Å². The van der Waals surface area contributed by atoms with Crippen molar-refractivity contribution < 1.29 is 14.4 Å². The highest BCUT2D eigenvalue weighted by molar-refractivity contribution is 5.66. The third-order valence-electron chi connectivity index (χ3n) is 8.93. The average molecular weight is 610 g/mol. The van der Waals surface area contributed by atoms with Gasteiger partial charge in [0.25, 0.3) is 0 Å². The van der Waals surface area contributed by atoms with E-state index in [0.29, 0.717) is 19.8 Å². The van der Waals surface area contributed by atoms with Crippen LogP contribution < -0.4 is 0 Å². The highest BCUT2D eigenvalue weighted by Gasteiger charge is 2.15. The van der Waals surface area contributed by atoms with Gasteiger partial charge in [0.15, 0.2) is 0 Å². The Morgan fingerprint density at radius 2 is 0.674 bits per heavy atom. The average Bonchev–Trinajstić information content (AvgIpc) is 3.01. The second-order valence-electron chi connectivity index (χ2n) is 13.2. The number of ether oxygens (including phenoxy) is 1. The van der Waals surface area contributed by atoms with Gasteiger partial charge in [-0.25, -0.2) is 4.79 Å². The molecule has 43 heavy (non-hydrogen) atoms. The molecule has 0 atom stereocenters. The van der Waals surface area contributed by atoms with Crippen LogP contribution in [0.15, 0.2) is 0 Å². The first-order valence-corrected chi connectivity index (χ1v) is 19.8. The maximum Gasteiger partial charge on any atom is 0.433 e. The van der Waals surface area contributed by atoms with E-state index in [1.54, 1.807) is 0 Å². The lowest BCUT2D eigenvalue weighted by Gasteiger charge is -2.21. The van der Waals surface area contributed by atoms with E-state index in [0.717, 1.165) is 19.3 Å². The smallest absolute Gasteiger partial charge is 0.433 e.